The molecule has 0 aliphatic rings. The molecule has 0 saturated carbocycles. The first-order valence-corrected chi connectivity index (χ1v) is 9.53. The van der Waals surface area contributed by atoms with Gasteiger partial charge in [0, 0.05) is 4.83 Å². The third-order valence-electron chi connectivity index (χ3n) is 4.02. The molecule has 0 N–H and O–H groups in total. The van der Waals surface area contributed by atoms with E-state index in [1.54, 1.807) is 12.1 Å². The number of benzene rings is 1. The maximum absolute atomic E-state index is 13.5. The SMILES string of the molecule is CCCCCCCCCCCC(Br)Cc1ccccc1F. The molecule has 1 aromatic rings. The lowest BCUT2D eigenvalue weighted by atomic mass is 10.0. The molecule has 0 saturated heterocycles. The highest BCUT2D eigenvalue weighted by Gasteiger charge is 2.08. The zero-order valence-electron chi connectivity index (χ0n) is 13.4. The van der Waals surface area contributed by atoms with Crippen LogP contribution < -0.4 is 0 Å². The molecule has 1 unspecified atom stereocenters. The summed E-state index contributed by atoms with van der Waals surface area (Å²) >= 11 is 3.69. The van der Waals surface area contributed by atoms with Crippen LogP contribution in [0.15, 0.2) is 24.3 Å². The highest BCUT2D eigenvalue weighted by Crippen LogP contribution is 2.19. The molecule has 120 valence electrons. The molecule has 0 fully saturated rings. The topological polar surface area (TPSA) is 0 Å². The molecular weight excluding hydrogens is 327 g/mol. The maximum atomic E-state index is 13.5. The van der Waals surface area contributed by atoms with Crippen LogP contribution in [-0.4, -0.2) is 4.83 Å². The molecule has 1 atom stereocenters. The summed E-state index contributed by atoms with van der Waals surface area (Å²) in [6.45, 7) is 2.26. The van der Waals surface area contributed by atoms with Gasteiger partial charge in [0.15, 0.2) is 0 Å². The van der Waals surface area contributed by atoms with Gasteiger partial charge in [-0.15, -0.1) is 0 Å². The predicted octanol–water partition coefficient (Wildman–Crippen LogP) is 7.05. The number of hydrogen-bond acceptors (Lipinski definition) is 0. The third-order valence-corrected chi connectivity index (χ3v) is 4.80. The van der Waals surface area contributed by atoms with Gasteiger partial charge in [-0.2, -0.15) is 0 Å². The Balaban J connectivity index is 1.99. The lowest BCUT2D eigenvalue weighted by Gasteiger charge is -2.10. The Morgan fingerprint density at radius 3 is 2.10 bits per heavy atom. The molecule has 0 aromatic heterocycles. The van der Waals surface area contributed by atoms with E-state index in [4.69, 9.17) is 0 Å². The molecule has 0 heterocycles. The van der Waals surface area contributed by atoms with Crippen molar-refractivity contribution >= 4 is 15.9 Å². The van der Waals surface area contributed by atoms with E-state index in [1.165, 1.54) is 57.8 Å². The Morgan fingerprint density at radius 1 is 0.905 bits per heavy atom. The molecule has 0 radical (unpaired) electrons. The van der Waals surface area contributed by atoms with Gasteiger partial charge in [0.25, 0.3) is 0 Å². The van der Waals surface area contributed by atoms with Crippen LogP contribution in [0.3, 0.4) is 0 Å². The number of unbranched alkanes of at least 4 members (excludes halogenated alkanes) is 8. The van der Waals surface area contributed by atoms with Crippen LogP contribution in [0.2, 0.25) is 0 Å². The normalized spacial score (nSPS) is 12.5. The minimum atomic E-state index is -0.0750. The fraction of sp³-hybridized carbons (Fsp3) is 0.684. The second-order valence-corrected chi connectivity index (χ2v) is 7.30. The zero-order chi connectivity index (χ0) is 15.3. The summed E-state index contributed by atoms with van der Waals surface area (Å²) in [7, 11) is 0. The average Bonchev–Trinajstić information content (AvgIpc) is 2.48. The van der Waals surface area contributed by atoms with Gasteiger partial charge in [-0.25, -0.2) is 4.39 Å². The van der Waals surface area contributed by atoms with E-state index in [-0.39, 0.29) is 5.82 Å². The van der Waals surface area contributed by atoms with E-state index in [1.807, 2.05) is 12.1 Å². The van der Waals surface area contributed by atoms with Crippen molar-refractivity contribution in [2.75, 3.05) is 0 Å². The summed E-state index contributed by atoms with van der Waals surface area (Å²) in [6.07, 6.45) is 14.2. The predicted molar refractivity (Wildman–Crippen MR) is 94.7 cm³/mol. The fourth-order valence-electron chi connectivity index (χ4n) is 2.68. The molecule has 0 spiro atoms. The van der Waals surface area contributed by atoms with Crippen LogP contribution in [0, 0.1) is 5.82 Å². The van der Waals surface area contributed by atoms with Crippen molar-refractivity contribution in [3.63, 3.8) is 0 Å². The summed E-state index contributed by atoms with van der Waals surface area (Å²) in [4.78, 5) is 0.402. The van der Waals surface area contributed by atoms with Crippen LogP contribution in [0.25, 0.3) is 0 Å². The Labute approximate surface area is 138 Å². The Hall–Kier alpha value is -0.370. The van der Waals surface area contributed by atoms with Crippen LogP contribution in [0.1, 0.15) is 76.7 Å². The van der Waals surface area contributed by atoms with Crippen molar-refractivity contribution in [3.05, 3.63) is 35.6 Å². The Morgan fingerprint density at radius 2 is 1.48 bits per heavy atom. The van der Waals surface area contributed by atoms with Crippen LogP contribution >= 0.6 is 15.9 Å². The van der Waals surface area contributed by atoms with E-state index >= 15 is 0 Å². The second-order valence-electron chi connectivity index (χ2n) is 6.01. The Kier molecular flexibility index (Phi) is 10.9. The fourth-order valence-corrected chi connectivity index (χ4v) is 3.35. The summed E-state index contributed by atoms with van der Waals surface area (Å²) in [5.74, 6) is -0.0750. The number of rotatable bonds is 12. The van der Waals surface area contributed by atoms with E-state index in [2.05, 4.69) is 22.9 Å². The maximum Gasteiger partial charge on any atom is 0.126 e. The van der Waals surface area contributed by atoms with E-state index in [9.17, 15) is 4.39 Å². The molecule has 21 heavy (non-hydrogen) atoms. The van der Waals surface area contributed by atoms with Crippen LogP contribution in [-0.2, 0) is 6.42 Å². The molecule has 0 aliphatic heterocycles. The lowest BCUT2D eigenvalue weighted by Crippen LogP contribution is -2.04. The zero-order valence-corrected chi connectivity index (χ0v) is 15.0. The molecule has 0 nitrogen and oxygen atoms in total. The first-order valence-electron chi connectivity index (χ1n) is 8.61. The molecule has 2 heteroatoms. The number of alkyl halides is 1. The van der Waals surface area contributed by atoms with Crippen molar-refractivity contribution in [1.82, 2.24) is 0 Å². The summed E-state index contributed by atoms with van der Waals surface area (Å²) in [5.41, 5.74) is 0.829. The van der Waals surface area contributed by atoms with E-state index in [0.29, 0.717) is 4.83 Å². The van der Waals surface area contributed by atoms with Crippen molar-refractivity contribution in [2.45, 2.75) is 82.4 Å². The van der Waals surface area contributed by atoms with Gasteiger partial charge in [-0.05, 0) is 24.5 Å². The smallest absolute Gasteiger partial charge is 0.126 e. The highest BCUT2D eigenvalue weighted by molar-refractivity contribution is 9.09. The van der Waals surface area contributed by atoms with Crippen molar-refractivity contribution in [3.8, 4) is 0 Å². The third kappa shape index (κ3) is 9.29. The summed E-state index contributed by atoms with van der Waals surface area (Å²) in [5, 5.41) is 0. The van der Waals surface area contributed by atoms with Crippen molar-refractivity contribution < 1.29 is 4.39 Å². The van der Waals surface area contributed by atoms with Gasteiger partial charge in [0.1, 0.15) is 5.82 Å². The number of halogens is 2. The first kappa shape index (κ1) is 18.7. The lowest BCUT2D eigenvalue weighted by molar-refractivity contribution is 0.550. The highest BCUT2D eigenvalue weighted by atomic mass is 79.9. The molecular formula is C19H30BrF. The van der Waals surface area contributed by atoms with E-state index < -0.39 is 0 Å². The molecule has 0 amide bonds. The standard InChI is InChI=1S/C19H30BrF/c1-2-3-4-5-6-7-8-9-10-14-18(20)16-17-13-11-12-15-19(17)21/h11-13,15,18H,2-10,14,16H2,1H3. The first-order chi connectivity index (χ1) is 10.2. The van der Waals surface area contributed by atoms with Crippen molar-refractivity contribution in [2.24, 2.45) is 0 Å². The second kappa shape index (κ2) is 12.2. The quantitative estimate of drug-likeness (QED) is 0.278. The molecule has 0 aliphatic carbocycles. The van der Waals surface area contributed by atoms with Gasteiger partial charge in [-0.3, -0.25) is 0 Å². The molecule has 1 rings (SSSR count). The summed E-state index contributed by atoms with van der Waals surface area (Å²) in [6, 6.07) is 7.10. The average molecular weight is 357 g/mol. The van der Waals surface area contributed by atoms with Gasteiger partial charge < -0.3 is 0 Å². The molecule has 0 bridgehead atoms. The van der Waals surface area contributed by atoms with Gasteiger partial charge >= 0.3 is 0 Å². The van der Waals surface area contributed by atoms with Gasteiger partial charge in [-0.1, -0.05) is 98.8 Å². The largest absolute Gasteiger partial charge is 0.207 e. The monoisotopic (exact) mass is 356 g/mol. The molecule has 1 aromatic carbocycles. The van der Waals surface area contributed by atoms with Crippen LogP contribution in [0.4, 0.5) is 4.39 Å². The number of hydrogen-bond donors (Lipinski definition) is 0. The Bertz CT molecular complexity index is 364. The van der Waals surface area contributed by atoms with Crippen LogP contribution in [0.5, 0.6) is 0 Å². The van der Waals surface area contributed by atoms with Gasteiger partial charge in [0.05, 0.1) is 0 Å². The van der Waals surface area contributed by atoms with Crippen molar-refractivity contribution in [1.29, 1.82) is 0 Å². The van der Waals surface area contributed by atoms with Gasteiger partial charge in [0.2, 0.25) is 0 Å². The minimum Gasteiger partial charge on any atom is -0.207 e. The minimum absolute atomic E-state index is 0.0750. The van der Waals surface area contributed by atoms with E-state index in [0.717, 1.165) is 18.4 Å². The summed E-state index contributed by atoms with van der Waals surface area (Å²) < 4.78 is 13.5.